The van der Waals surface area contributed by atoms with Crippen LogP contribution in [0.2, 0.25) is 0 Å². The maximum atomic E-state index is 11.5. The lowest BCUT2D eigenvalue weighted by Gasteiger charge is -2.34. The SMILES string of the molecule is CN1CCN(c2ccc(Nc3ncc4c(n3)-c3onc(C(=O)O)c3CC4(C)C)cc2)CC1. The van der Waals surface area contributed by atoms with E-state index in [2.05, 4.69) is 49.4 Å². The smallest absolute Gasteiger partial charge is 0.358 e. The fourth-order valence-corrected chi connectivity index (χ4v) is 4.42. The summed E-state index contributed by atoms with van der Waals surface area (Å²) < 4.78 is 5.41. The number of likely N-dealkylation sites (N-methyl/N-ethyl adjacent to an activating group) is 1. The van der Waals surface area contributed by atoms with E-state index < -0.39 is 5.97 Å². The third kappa shape index (κ3) is 3.58. The summed E-state index contributed by atoms with van der Waals surface area (Å²) in [6.07, 6.45) is 2.29. The molecule has 0 atom stereocenters. The van der Waals surface area contributed by atoms with E-state index in [4.69, 9.17) is 4.52 Å². The summed E-state index contributed by atoms with van der Waals surface area (Å²) in [5, 5.41) is 16.5. The minimum Gasteiger partial charge on any atom is -0.476 e. The standard InChI is InChI=1S/C23H26N6O3/c1-23(2)12-16-18(21(30)31)27-32-20(16)19-17(23)13-24-22(26-19)25-14-4-6-15(7-5-14)29-10-8-28(3)9-11-29/h4-7,13H,8-12H2,1-3H3,(H,30,31)(H,24,25,26). The molecule has 166 valence electrons. The first-order valence-corrected chi connectivity index (χ1v) is 10.7. The normalized spacial score (nSPS) is 17.5. The summed E-state index contributed by atoms with van der Waals surface area (Å²) in [4.78, 5) is 25.4. The van der Waals surface area contributed by atoms with Crippen molar-refractivity contribution in [2.45, 2.75) is 25.7 Å². The Labute approximate surface area is 186 Å². The first-order valence-electron chi connectivity index (χ1n) is 10.7. The Bertz CT molecular complexity index is 1160. The van der Waals surface area contributed by atoms with Crippen molar-refractivity contribution >= 4 is 23.3 Å². The van der Waals surface area contributed by atoms with Crippen molar-refractivity contribution in [1.82, 2.24) is 20.0 Å². The number of nitrogens with zero attached hydrogens (tertiary/aromatic N) is 5. The van der Waals surface area contributed by atoms with E-state index in [-0.39, 0.29) is 11.1 Å². The third-order valence-corrected chi connectivity index (χ3v) is 6.33. The molecule has 1 aliphatic heterocycles. The summed E-state index contributed by atoms with van der Waals surface area (Å²) in [7, 11) is 2.15. The zero-order valence-corrected chi connectivity index (χ0v) is 18.4. The molecule has 1 saturated heterocycles. The second kappa shape index (κ2) is 7.59. The molecule has 0 amide bonds. The summed E-state index contributed by atoms with van der Waals surface area (Å²) in [5.74, 6) is -0.261. The number of aromatic nitrogens is 3. The van der Waals surface area contributed by atoms with Crippen molar-refractivity contribution in [3.63, 3.8) is 0 Å². The molecule has 0 saturated carbocycles. The van der Waals surface area contributed by atoms with Crippen molar-refractivity contribution in [2.75, 3.05) is 43.4 Å². The number of hydrogen-bond donors (Lipinski definition) is 2. The zero-order valence-electron chi connectivity index (χ0n) is 18.4. The number of fused-ring (bicyclic) bond motifs is 3. The Balaban J connectivity index is 1.41. The molecule has 5 rings (SSSR count). The highest BCUT2D eigenvalue weighted by Crippen LogP contribution is 2.43. The Hall–Kier alpha value is -3.46. The van der Waals surface area contributed by atoms with Crippen molar-refractivity contribution in [1.29, 1.82) is 0 Å². The number of aromatic carboxylic acids is 1. The van der Waals surface area contributed by atoms with Gasteiger partial charge in [-0.05, 0) is 43.1 Å². The van der Waals surface area contributed by atoms with Gasteiger partial charge in [0.05, 0.1) is 0 Å². The molecule has 2 aliphatic rings. The van der Waals surface area contributed by atoms with E-state index in [1.54, 1.807) is 6.20 Å². The molecule has 2 aromatic heterocycles. The zero-order chi connectivity index (χ0) is 22.5. The van der Waals surface area contributed by atoms with E-state index in [1.165, 1.54) is 5.69 Å². The molecule has 2 N–H and O–H groups in total. The lowest BCUT2D eigenvalue weighted by Crippen LogP contribution is -2.44. The van der Waals surface area contributed by atoms with Gasteiger partial charge in [-0.3, -0.25) is 0 Å². The number of nitrogens with one attached hydrogen (secondary N) is 1. The Morgan fingerprint density at radius 1 is 1.16 bits per heavy atom. The molecule has 1 aromatic carbocycles. The number of anilines is 3. The van der Waals surface area contributed by atoms with Gasteiger partial charge in [-0.15, -0.1) is 0 Å². The molecule has 3 heterocycles. The minimum atomic E-state index is -1.10. The molecule has 0 spiro atoms. The van der Waals surface area contributed by atoms with Gasteiger partial charge < -0.3 is 24.7 Å². The van der Waals surface area contributed by atoms with Crippen LogP contribution >= 0.6 is 0 Å². The predicted octanol–water partition coefficient (Wildman–Crippen LogP) is 3.16. The van der Waals surface area contributed by atoms with Gasteiger partial charge in [-0.25, -0.2) is 14.8 Å². The molecular formula is C23H26N6O3. The summed E-state index contributed by atoms with van der Waals surface area (Å²) in [6.45, 7) is 8.25. The largest absolute Gasteiger partial charge is 0.476 e. The molecule has 32 heavy (non-hydrogen) atoms. The lowest BCUT2D eigenvalue weighted by molar-refractivity contribution is 0.0684. The molecule has 1 aliphatic carbocycles. The molecule has 9 heteroatoms. The highest BCUT2D eigenvalue weighted by atomic mass is 16.5. The van der Waals surface area contributed by atoms with Gasteiger partial charge in [0.25, 0.3) is 0 Å². The summed E-state index contributed by atoms with van der Waals surface area (Å²) in [5.41, 5.74) is 3.77. The van der Waals surface area contributed by atoms with Crippen molar-refractivity contribution in [3.05, 3.63) is 47.3 Å². The highest BCUT2D eigenvalue weighted by Gasteiger charge is 2.38. The van der Waals surface area contributed by atoms with E-state index >= 15 is 0 Å². The topological polar surface area (TPSA) is 108 Å². The second-order valence-corrected chi connectivity index (χ2v) is 9.12. The van der Waals surface area contributed by atoms with Crippen LogP contribution in [0.5, 0.6) is 0 Å². The van der Waals surface area contributed by atoms with Crippen LogP contribution in [0.15, 0.2) is 35.0 Å². The number of rotatable bonds is 4. The first-order chi connectivity index (χ1) is 15.3. The van der Waals surface area contributed by atoms with Crippen molar-refractivity contribution < 1.29 is 14.4 Å². The van der Waals surface area contributed by atoms with Gasteiger partial charge in [0.2, 0.25) is 5.95 Å². The van der Waals surface area contributed by atoms with E-state index in [0.29, 0.717) is 29.4 Å². The van der Waals surface area contributed by atoms with Crippen LogP contribution < -0.4 is 10.2 Å². The number of carboxylic acid groups (broad SMARTS) is 1. The Kier molecular flexibility index (Phi) is 4.85. The maximum absolute atomic E-state index is 11.5. The summed E-state index contributed by atoms with van der Waals surface area (Å²) in [6, 6.07) is 8.23. The fraction of sp³-hybridized carbons (Fsp3) is 0.391. The second-order valence-electron chi connectivity index (χ2n) is 9.12. The predicted molar refractivity (Wildman–Crippen MR) is 121 cm³/mol. The van der Waals surface area contributed by atoms with Gasteiger partial charge in [0.15, 0.2) is 11.5 Å². The molecule has 9 nitrogen and oxygen atoms in total. The average molecular weight is 435 g/mol. The third-order valence-electron chi connectivity index (χ3n) is 6.33. The molecule has 3 aromatic rings. The number of piperazine rings is 1. The quantitative estimate of drug-likeness (QED) is 0.640. The van der Waals surface area contributed by atoms with Crippen LogP contribution in [0.3, 0.4) is 0 Å². The monoisotopic (exact) mass is 434 g/mol. The first kappa shape index (κ1) is 20.4. The van der Waals surface area contributed by atoms with E-state index in [9.17, 15) is 9.90 Å². The highest BCUT2D eigenvalue weighted by molar-refractivity contribution is 5.90. The van der Waals surface area contributed by atoms with E-state index in [1.807, 2.05) is 26.0 Å². The van der Waals surface area contributed by atoms with Crippen LogP contribution in [-0.2, 0) is 11.8 Å². The minimum absolute atomic E-state index is 0.0497. The average Bonchev–Trinajstić information content (AvgIpc) is 3.18. The molecule has 0 radical (unpaired) electrons. The van der Waals surface area contributed by atoms with Gasteiger partial charge in [0.1, 0.15) is 5.69 Å². The van der Waals surface area contributed by atoms with Crippen LogP contribution in [0.25, 0.3) is 11.5 Å². The van der Waals surface area contributed by atoms with Crippen LogP contribution in [0.4, 0.5) is 17.3 Å². The maximum Gasteiger partial charge on any atom is 0.358 e. The molecular weight excluding hydrogens is 408 g/mol. The van der Waals surface area contributed by atoms with Crippen molar-refractivity contribution in [3.8, 4) is 11.5 Å². The van der Waals surface area contributed by atoms with E-state index in [0.717, 1.165) is 37.4 Å². The molecule has 1 fully saturated rings. The number of carbonyl (C=O) groups is 1. The van der Waals surface area contributed by atoms with Gasteiger partial charge >= 0.3 is 5.97 Å². The Morgan fingerprint density at radius 2 is 1.88 bits per heavy atom. The Morgan fingerprint density at radius 3 is 2.56 bits per heavy atom. The fourth-order valence-electron chi connectivity index (χ4n) is 4.42. The summed E-state index contributed by atoms with van der Waals surface area (Å²) >= 11 is 0. The van der Waals surface area contributed by atoms with Gasteiger partial charge in [-0.2, -0.15) is 0 Å². The van der Waals surface area contributed by atoms with Crippen molar-refractivity contribution in [2.24, 2.45) is 0 Å². The van der Waals surface area contributed by atoms with Gasteiger partial charge in [-0.1, -0.05) is 19.0 Å². The van der Waals surface area contributed by atoms with Gasteiger partial charge in [0, 0.05) is 54.9 Å². The van der Waals surface area contributed by atoms with Crippen LogP contribution in [0.1, 0.15) is 35.5 Å². The lowest BCUT2D eigenvalue weighted by atomic mass is 9.74. The molecule has 0 unspecified atom stereocenters. The molecule has 0 bridgehead atoms. The van der Waals surface area contributed by atoms with Crippen LogP contribution in [-0.4, -0.2) is 64.3 Å². The van der Waals surface area contributed by atoms with Crippen LogP contribution in [0, 0.1) is 0 Å². The number of hydrogen-bond acceptors (Lipinski definition) is 8. The number of benzene rings is 1. The number of carboxylic acids is 1.